The lowest BCUT2D eigenvalue weighted by Crippen LogP contribution is -2.35. The third-order valence-corrected chi connectivity index (χ3v) is 6.25. The predicted octanol–water partition coefficient (Wildman–Crippen LogP) is 6.07. The highest BCUT2D eigenvalue weighted by Gasteiger charge is 2.38. The molecule has 0 aromatic rings. The first-order chi connectivity index (χ1) is 13.1. The molecule has 1 saturated carbocycles. The monoisotopic (exact) mass is 382 g/mol. The van der Waals surface area contributed by atoms with Crippen LogP contribution in [-0.4, -0.2) is 26.2 Å². The second-order valence-corrected chi connectivity index (χ2v) is 8.23. The molecule has 1 rings (SSSR count). The molecule has 0 radical (unpaired) electrons. The van der Waals surface area contributed by atoms with Crippen LogP contribution in [0.25, 0.3) is 0 Å². The largest absolute Gasteiger partial charge is 0.469 e. The average molecular weight is 383 g/mol. The fourth-order valence-electron chi connectivity index (χ4n) is 4.68. The Hall–Kier alpha value is -1.06. The summed E-state index contributed by atoms with van der Waals surface area (Å²) in [4.78, 5) is 23.5. The molecule has 0 heterocycles. The van der Waals surface area contributed by atoms with Gasteiger partial charge >= 0.3 is 11.9 Å². The van der Waals surface area contributed by atoms with Crippen LogP contribution in [0.4, 0.5) is 0 Å². The third kappa shape index (κ3) is 9.62. The van der Waals surface area contributed by atoms with Gasteiger partial charge in [0.25, 0.3) is 0 Å². The minimum atomic E-state index is -0.0973. The summed E-state index contributed by atoms with van der Waals surface area (Å²) in [7, 11) is 3.00. The molecule has 3 unspecified atom stereocenters. The van der Waals surface area contributed by atoms with E-state index >= 15 is 0 Å². The Morgan fingerprint density at radius 1 is 0.778 bits per heavy atom. The maximum Gasteiger partial charge on any atom is 0.309 e. The first kappa shape index (κ1) is 24.0. The molecule has 0 spiro atoms. The molecule has 27 heavy (non-hydrogen) atoms. The van der Waals surface area contributed by atoms with Gasteiger partial charge in [0.15, 0.2) is 0 Å². The molecule has 1 aliphatic rings. The number of hydrogen-bond acceptors (Lipinski definition) is 4. The standard InChI is InChI=1S/C23H42O4/c1-4-5-14-19-16-13-17-20(22(19)23(25)27-3)15-11-9-7-6-8-10-12-18-21(24)26-2/h19-20,22H,4-18H2,1-3H3. The highest BCUT2D eigenvalue weighted by molar-refractivity contribution is 5.73. The van der Waals surface area contributed by atoms with Crippen LogP contribution < -0.4 is 0 Å². The minimum absolute atomic E-state index is 0.0337. The summed E-state index contributed by atoms with van der Waals surface area (Å²) in [5, 5.41) is 0. The third-order valence-electron chi connectivity index (χ3n) is 6.25. The van der Waals surface area contributed by atoms with Gasteiger partial charge < -0.3 is 9.47 Å². The van der Waals surface area contributed by atoms with Gasteiger partial charge in [0.1, 0.15) is 0 Å². The predicted molar refractivity (Wildman–Crippen MR) is 109 cm³/mol. The normalized spacial score (nSPS) is 22.4. The molecule has 4 heteroatoms. The highest BCUT2D eigenvalue weighted by Crippen LogP contribution is 2.41. The van der Waals surface area contributed by atoms with E-state index in [0.29, 0.717) is 18.3 Å². The van der Waals surface area contributed by atoms with Crippen LogP contribution in [0, 0.1) is 17.8 Å². The smallest absolute Gasteiger partial charge is 0.309 e. The van der Waals surface area contributed by atoms with E-state index in [1.165, 1.54) is 84.2 Å². The number of hydrogen-bond donors (Lipinski definition) is 0. The SMILES string of the molecule is CCCCC1CCCC(CCCCCCCCCC(=O)OC)C1C(=O)OC. The van der Waals surface area contributed by atoms with Crippen molar-refractivity contribution in [2.75, 3.05) is 14.2 Å². The number of methoxy groups -OCH3 is 2. The van der Waals surface area contributed by atoms with Crippen LogP contribution in [0.2, 0.25) is 0 Å². The van der Waals surface area contributed by atoms with Crippen molar-refractivity contribution in [3.63, 3.8) is 0 Å². The van der Waals surface area contributed by atoms with E-state index in [9.17, 15) is 9.59 Å². The number of carbonyl (C=O) groups is 2. The first-order valence-corrected chi connectivity index (χ1v) is 11.3. The lowest BCUT2D eigenvalue weighted by molar-refractivity contribution is -0.151. The molecule has 3 atom stereocenters. The van der Waals surface area contributed by atoms with E-state index in [2.05, 4.69) is 11.7 Å². The molecule has 0 bridgehead atoms. The molecule has 1 fully saturated rings. The summed E-state index contributed by atoms with van der Waals surface area (Å²) < 4.78 is 9.82. The highest BCUT2D eigenvalue weighted by atomic mass is 16.5. The molecular weight excluding hydrogens is 340 g/mol. The summed E-state index contributed by atoms with van der Waals surface area (Å²) in [5.41, 5.74) is 0. The van der Waals surface area contributed by atoms with Gasteiger partial charge in [-0.05, 0) is 43.9 Å². The molecule has 0 saturated heterocycles. The molecular formula is C23H42O4. The zero-order chi connectivity index (χ0) is 19.9. The number of esters is 2. The molecule has 0 amide bonds. The van der Waals surface area contributed by atoms with Gasteiger partial charge in [0, 0.05) is 6.42 Å². The summed E-state index contributed by atoms with van der Waals surface area (Å²) in [6.45, 7) is 2.23. The minimum Gasteiger partial charge on any atom is -0.469 e. The van der Waals surface area contributed by atoms with Gasteiger partial charge in [-0.25, -0.2) is 0 Å². The molecule has 158 valence electrons. The van der Waals surface area contributed by atoms with Crippen LogP contribution in [0.1, 0.15) is 103 Å². The Bertz CT molecular complexity index is 407. The van der Waals surface area contributed by atoms with Crippen molar-refractivity contribution in [2.24, 2.45) is 17.8 Å². The van der Waals surface area contributed by atoms with Gasteiger partial charge in [0.2, 0.25) is 0 Å². The molecule has 4 nitrogen and oxygen atoms in total. The molecule has 1 aliphatic carbocycles. The Morgan fingerprint density at radius 3 is 1.89 bits per heavy atom. The lowest BCUT2D eigenvalue weighted by Gasteiger charge is -2.36. The second kappa shape index (κ2) is 14.9. The Labute approximate surface area is 166 Å². The van der Waals surface area contributed by atoms with Crippen molar-refractivity contribution >= 4 is 11.9 Å². The van der Waals surface area contributed by atoms with Crippen molar-refractivity contribution in [3.8, 4) is 0 Å². The summed E-state index contributed by atoms with van der Waals surface area (Å²) in [5.74, 6) is 1.12. The number of rotatable bonds is 14. The summed E-state index contributed by atoms with van der Waals surface area (Å²) in [6, 6.07) is 0. The summed E-state index contributed by atoms with van der Waals surface area (Å²) in [6.07, 6.45) is 17.2. The van der Waals surface area contributed by atoms with Crippen molar-refractivity contribution in [1.82, 2.24) is 0 Å². The maximum absolute atomic E-state index is 12.4. The van der Waals surface area contributed by atoms with Crippen LogP contribution >= 0.6 is 0 Å². The number of ether oxygens (including phenoxy) is 2. The van der Waals surface area contributed by atoms with Gasteiger partial charge in [-0.1, -0.05) is 64.7 Å². The van der Waals surface area contributed by atoms with E-state index in [-0.39, 0.29) is 17.9 Å². The summed E-state index contributed by atoms with van der Waals surface area (Å²) >= 11 is 0. The Morgan fingerprint density at radius 2 is 1.33 bits per heavy atom. The van der Waals surface area contributed by atoms with Crippen molar-refractivity contribution < 1.29 is 19.1 Å². The Kier molecular flexibility index (Phi) is 13.3. The topological polar surface area (TPSA) is 52.6 Å². The number of unbranched alkanes of at least 4 members (excludes halogenated alkanes) is 7. The molecule has 0 aromatic carbocycles. The van der Waals surface area contributed by atoms with Crippen molar-refractivity contribution in [2.45, 2.75) is 103 Å². The van der Waals surface area contributed by atoms with Crippen LogP contribution in [0.3, 0.4) is 0 Å². The molecule has 0 aliphatic heterocycles. The lowest BCUT2D eigenvalue weighted by atomic mass is 9.68. The Balaban J connectivity index is 2.22. The van der Waals surface area contributed by atoms with Crippen molar-refractivity contribution in [3.05, 3.63) is 0 Å². The van der Waals surface area contributed by atoms with Crippen LogP contribution in [-0.2, 0) is 19.1 Å². The van der Waals surface area contributed by atoms with E-state index < -0.39 is 0 Å². The van der Waals surface area contributed by atoms with Gasteiger partial charge in [-0.3, -0.25) is 9.59 Å². The number of carbonyl (C=O) groups excluding carboxylic acids is 2. The van der Waals surface area contributed by atoms with Crippen LogP contribution in [0.5, 0.6) is 0 Å². The molecule has 0 N–H and O–H groups in total. The van der Waals surface area contributed by atoms with E-state index in [1.54, 1.807) is 7.11 Å². The zero-order valence-corrected chi connectivity index (χ0v) is 18.0. The van der Waals surface area contributed by atoms with Crippen molar-refractivity contribution in [1.29, 1.82) is 0 Å². The zero-order valence-electron chi connectivity index (χ0n) is 18.0. The fraction of sp³-hybridized carbons (Fsp3) is 0.913. The van der Waals surface area contributed by atoms with Crippen LogP contribution in [0.15, 0.2) is 0 Å². The maximum atomic E-state index is 12.4. The van der Waals surface area contributed by atoms with E-state index in [1.807, 2.05) is 0 Å². The van der Waals surface area contributed by atoms with E-state index in [4.69, 9.17) is 4.74 Å². The van der Waals surface area contributed by atoms with Gasteiger partial charge in [0.05, 0.1) is 20.1 Å². The fourth-order valence-corrected chi connectivity index (χ4v) is 4.68. The van der Waals surface area contributed by atoms with Gasteiger partial charge in [-0.15, -0.1) is 0 Å². The quantitative estimate of drug-likeness (QED) is 0.270. The average Bonchev–Trinajstić information content (AvgIpc) is 2.70. The first-order valence-electron chi connectivity index (χ1n) is 11.3. The van der Waals surface area contributed by atoms with Gasteiger partial charge in [-0.2, -0.15) is 0 Å². The van der Waals surface area contributed by atoms with E-state index in [0.717, 1.165) is 12.8 Å². The second-order valence-electron chi connectivity index (χ2n) is 8.23. The molecule has 0 aromatic heterocycles.